The van der Waals surface area contributed by atoms with E-state index in [4.69, 9.17) is 0 Å². The highest BCUT2D eigenvalue weighted by atomic mass is 32.2. The van der Waals surface area contributed by atoms with Crippen LogP contribution in [0, 0.1) is 0 Å². The summed E-state index contributed by atoms with van der Waals surface area (Å²) in [7, 11) is 0. The fraction of sp³-hybridized carbons (Fsp3) is 0.556. The first-order valence-electron chi connectivity index (χ1n) is 4.32. The third kappa shape index (κ3) is 2.59. The predicted octanol–water partition coefficient (Wildman–Crippen LogP) is 2.01. The molecule has 1 aromatic rings. The summed E-state index contributed by atoms with van der Waals surface area (Å²) in [5, 5.41) is 0.697. The molecule has 0 amide bonds. The molecule has 0 aliphatic rings. The monoisotopic (exact) mass is 198 g/mol. The van der Waals surface area contributed by atoms with E-state index in [0.29, 0.717) is 11.1 Å². The Bertz CT molecular complexity index is 335. The van der Waals surface area contributed by atoms with Crippen molar-refractivity contribution in [1.82, 2.24) is 9.97 Å². The van der Waals surface area contributed by atoms with E-state index in [1.807, 2.05) is 6.26 Å². The molecule has 0 fully saturated rings. The molecule has 1 rings (SSSR count). The summed E-state index contributed by atoms with van der Waals surface area (Å²) < 4.78 is 0. The third-order valence-electron chi connectivity index (χ3n) is 2.05. The van der Waals surface area contributed by atoms with Crippen LogP contribution in [0.2, 0.25) is 0 Å². The fourth-order valence-corrected chi connectivity index (χ4v) is 1.41. The van der Waals surface area contributed by atoms with Gasteiger partial charge in [-0.15, -0.1) is 0 Å². The van der Waals surface area contributed by atoms with Crippen molar-refractivity contribution in [2.24, 2.45) is 0 Å². The standard InChI is InChI=1S/C9H14N2OS/c1-4-6(2)7-5-8(12)11-9(10-7)13-3/h5-6H,4H2,1-3H3,(H,10,11,12)/t6-/m0/s1. The van der Waals surface area contributed by atoms with E-state index in [2.05, 4.69) is 23.8 Å². The van der Waals surface area contributed by atoms with Crippen molar-refractivity contribution in [3.63, 3.8) is 0 Å². The van der Waals surface area contributed by atoms with Crippen molar-refractivity contribution in [3.8, 4) is 0 Å². The van der Waals surface area contributed by atoms with Gasteiger partial charge < -0.3 is 4.98 Å². The molecule has 1 heterocycles. The second-order valence-corrected chi connectivity index (χ2v) is 3.78. The predicted molar refractivity (Wildman–Crippen MR) is 55.3 cm³/mol. The van der Waals surface area contributed by atoms with Crippen molar-refractivity contribution in [3.05, 3.63) is 22.1 Å². The topological polar surface area (TPSA) is 45.8 Å². The van der Waals surface area contributed by atoms with Crippen LogP contribution in [0.25, 0.3) is 0 Å². The average molecular weight is 198 g/mol. The summed E-state index contributed by atoms with van der Waals surface area (Å²) in [6.45, 7) is 4.16. The van der Waals surface area contributed by atoms with Crippen LogP contribution in [-0.2, 0) is 0 Å². The normalized spacial score (nSPS) is 12.8. The number of nitrogens with zero attached hydrogens (tertiary/aromatic N) is 1. The summed E-state index contributed by atoms with van der Waals surface area (Å²) in [6.07, 6.45) is 2.91. The van der Waals surface area contributed by atoms with Gasteiger partial charge in [0.15, 0.2) is 5.16 Å². The Morgan fingerprint density at radius 2 is 2.38 bits per heavy atom. The Kier molecular flexibility index (Phi) is 3.54. The average Bonchev–Trinajstić information content (AvgIpc) is 2.15. The molecule has 0 saturated heterocycles. The van der Waals surface area contributed by atoms with E-state index in [-0.39, 0.29) is 5.56 Å². The molecular formula is C9H14N2OS. The molecule has 0 spiro atoms. The molecule has 13 heavy (non-hydrogen) atoms. The van der Waals surface area contributed by atoms with Gasteiger partial charge in [-0.25, -0.2) is 4.98 Å². The Morgan fingerprint density at radius 3 is 2.92 bits per heavy atom. The first-order valence-corrected chi connectivity index (χ1v) is 5.55. The van der Waals surface area contributed by atoms with Gasteiger partial charge in [-0.1, -0.05) is 25.6 Å². The van der Waals surface area contributed by atoms with Gasteiger partial charge in [0.25, 0.3) is 5.56 Å². The number of aromatic amines is 1. The lowest BCUT2D eigenvalue weighted by atomic mass is 10.1. The van der Waals surface area contributed by atoms with Crippen molar-refractivity contribution in [2.45, 2.75) is 31.3 Å². The number of aromatic nitrogens is 2. The SMILES string of the molecule is CC[C@H](C)c1cc(=O)[nH]c(SC)n1. The number of H-pyrrole nitrogens is 1. The molecule has 72 valence electrons. The van der Waals surface area contributed by atoms with Crippen LogP contribution in [0.1, 0.15) is 31.9 Å². The summed E-state index contributed by atoms with van der Waals surface area (Å²) in [5.41, 5.74) is 0.824. The van der Waals surface area contributed by atoms with E-state index in [1.165, 1.54) is 11.8 Å². The molecule has 0 aromatic carbocycles. The molecule has 0 unspecified atom stereocenters. The molecule has 0 radical (unpaired) electrons. The van der Waals surface area contributed by atoms with Gasteiger partial charge in [-0.3, -0.25) is 4.79 Å². The van der Waals surface area contributed by atoms with E-state index in [1.54, 1.807) is 6.07 Å². The van der Waals surface area contributed by atoms with Crippen LogP contribution in [0.3, 0.4) is 0 Å². The lowest BCUT2D eigenvalue weighted by Crippen LogP contribution is -2.11. The highest BCUT2D eigenvalue weighted by molar-refractivity contribution is 7.98. The Labute approximate surface area is 82.0 Å². The second kappa shape index (κ2) is 4.46. The van der Waals surface area contributed by atoms with E-state index >= 15 is 0 Å². The van der Waals surface area contributed by atoms with Gasteiger partial charge >= 0.3 is 0 Å². The minimum Gasteiger partial charge on any atom is -0.301 e. The van der Waals surface area contributed by atoms with Crippen molar-refractivity contribution in [1.29, 1.82) is 0 Å². The van der Waals surface area contributed by atoms with Gasteiger partial charge in [-0.2, -0.15) is 0 Å². The maximum absolute atomic E-state index is 11.2. The minimum atomic E-state index is -0.0605. The quantitative estimate of drug-likeness (QED) is 0.597. The number of nitrogens with one attached hydrogen (secondary N) is 1. The van der Waals surface area contributed by atoms with Crippen LogP contribution < -0.4 is 5.56 Å². The van der Waals surface area contributed by atoms with Crippen molar-refractivity contribution >= 4 is 11.8 Å². The Morgan fingerprint density at radius 1 is 1.69 bits per heavy atom. The van der Waals surface area contributed by atoms with E-state index < -0.39 is 0 Å². The van der Waals surface area contributed by atoms with E-state index in [0.717, 1.165) is 12.1 Å². The zero-order chi connectivity index (χ0) is 9.84. The van der Waals surface area contributed by atoms with Gasteiger partial charge in [0.1, 0.15) is 0 Å². The van der Waals surface area contributed by atoms with E-state index in [9.17, 15) is 4.79 Å². The zero-order valence-corrected chi connectivity index (χ0v) is 8.94. The number of rotatable bonds is 3. The number of hydrogen-bond donors (Lipinski definition) is 1. The second-order valence-electron chi connectivity index (χ2n) is 2.99. The smallest absolute Gasteiger partial charge is 0.251 e. The maximum Gasteiger partial charge on any atom is 0.251 e. The number of hydrogen-bond acceptors (Lipinski definition) is 3. The van der Waals surface area contributed by atoms with Crippen molar-refractivity contribution < 1.29 is 0 Å². The van der Waals surface area contributed by atoms with Crippen LogP contribution in [0.5, 0.6) is 0 Å². The molecule has 1 aromatic heterocycles. The zero-order valence-electron chi connectivity index (χ0n) is 8.13. The summed E-state index contributed by atoms with van der Waals surface area (Å²) in [6, 6.07) is 1.58. The van der Waals surface area contributed by atoms with Crippen LogP contribution in [0.4, 0.5) is 0 Å². The molecule has 0 saturated carbocycles. The maximum atomic E-state index is 11.2. The number of thioether (sulfide) groups is 1. The van der Waals surface area contributed by atoms with Crippen LogP contribution >= 0.6 is 11.8 Å². The summed E-state index contributed by atoms with van der Waals surface area (Å²) in [4.78, 5) is 18.2. The van der Waals surface area contributed by atoms with Gasteiger partial charge in [0, 0.05) is 6.07 Å². The van der Waals surface area contributed by atoms with Gasteiger partial charge in [0.05, 0.1) is 5.69 Å². The molecule has 3 nitrogen and oxygen atoms in total. The van der Waals surface area contributed by atoms with Gasteiger partial charge in [-0.05, 0) is 18.6 Å². The highest BCUT2D eigenvalue weighted by Gasteiger charge is 2.06. The van der Waals surface area contributed by atoms with Crippen LogP contribution in [0.15, 0.2) is 16.0 Å². The molecule has 0 bridgehead atoms. The molecule has 0 aliphatic carbocycles. The molecule has 1 atom stereocenters. The molecular weight excluding hydrogens is 184 g/mol. The lowest BCUT2D eigenvalue weighted by Gasteiger charge is -2.07. The largest absolute Gasteiger partial charge is 0.301 e. The third-order valence-corrected chi connectivity index (χ3v) is 2.63. The highest BCUT2D eigenvalue weighted by Crippen LogP contribution is 2.16. The molecule has 1 N–H and O–H groups in total. The van der Waals surface area contributed by atoms with Gasteiger partial charge in [0.2, 0.25) is 0 Å². The molecule has 4 heteroatoms. The van der Waals surface area contributed by atoms with Crippen molar-refractivity contribution in [2.75, 3.05) is 6.26 Å². The Hall–Kier alpha value is -0.770. The Balaban J connectivity index is 3.08. The molecule has 0 aliphatic heterocycles. The minimum absolute atomic E-state index is 0.0605. The summed E-state index contributed by atoms with van der Waals surface area (Å²) in [5.74, 6) is 0.355. The first kappa shape index (κ1) is 10.3. The van der Waals surface area contributed by atoms with Crippen LogP contribution in [-0.4, -0.2) is 16.2 Å². The fourth-order valence-electron chi connectivity index (χ4n) is 1.01. The summed E-state index contributed by atoms with van der Waals surface area (Å²) >= 11 is 1.46. The first-order chi connectivity index (χ1) is 6.17. The lowest BCUT2D eigenvalue weighted by molar-refractivity contribution is 0.685.